The van der Waals surface area contributed by atoms with Gasteiger partial charge in [0.2, 0.25) is 0 Å². The maximum atomic E-state index is 13.8. The van der Waals surface area contributed by atoms with Gasteiger partial charge in [0, 0.05) is 12.5 Å². The van der Waals surface area contributed by atoms with Crippen molar-refractivity contribution in [2.75, 3.05) is 13.1 Å². The Kier molecular flexibility index (Phi) is 5.48. The molecule has 6 heteroatoms. The van der Waals surface area contributed by atoms with Gasteiger partial charge in [-0.1, -0.05) is 36.4 Å². The van der Waals surface area contributed by atoms with Crippen LogP contribution in [0.4, 0.5) is 4.39 Å². The van der Waals surface area contributed by atoms with Gasteiger partial charge < -0.3 is 10.6 Å². The van der Waals surface area contributed by atoms with Crippen LogP contribution in [0.2, 0.25) is 0 Å². The second kappa shape index (κ2) is 8.35. The Hall–Kier alpha value is -2.99. The van der Waals surface area contributed by atoms with E-state index in [4.69, 9.17) is 0 Å². The number of hydrogen-bond acceptors (Lipinski definition) is 3. The second-order valence-electron chi connectivity index (χ2n) is 7.03. The number of hydrogen-bond donors (Lipinski definition) is 2. The zero-order valence-electron chi connectivity index (χ0n) is 15.6. The smallest absolute Gasteiger partial charge is 0.255 e. The first-order valence-corrected chi connectivity index (χ1v) is 9.59. The topological polar surface area (TPSA) is 59.0 Å². The average Bonchev–Trinajstić information content (AvgIpc) is 3.19. The van der Waals surface area contributed by atoms with Gasteiger partial charge in [0.15, 0.2) is 0 Å². The number of nitrogens with one attached hydrogen (secondary N) is 2. The molecule has 0 bridgehead atoms. The fraction of sp³-hybridized carbons (Fsp3) is 0.273. The summed E-state index contributed by atoms with van der Waals surface area (Å²) >= 11 is 0. The molecule has 0 radical (unpaired) electrons. The van der Waals surface area contributed by atoms with Crippen LogP contribution < -0.4 is 10.6 Å². The number of amides is 1. The summed E-state index contributed by atoms with van der Waals surface area (Å²) in [6.07, 6.45) is 3.43. The number of rotatable bonds is 5. The Bertz CT molecular complexity index is 948. The van der Waals surface area contributed by atoms with E-state index >= 15 is 0 Å². The Balaban J connectivity index is 1.65. The summed E-state index contributed by atoms with van der Waals surface area (Å²) < 4.78 is 15.5. The number of aromatic nitrogens is 2. The van der Waals surface area contributed by atoms with Crippen molar-refractivity contribution in [1.29, 1.82) is 0 Å². The van der Waals surface area contributed by atoms with Crippen molar-refractivity contribution in [2.24, 2.45) is 0 Å². The third kappa shape index (κ3) is 3.97. The van der Waals surface area contributed by atoms with Gasteiger partial charge in [0.1, 0.15) is 5.82 Å². The van der Waals surface area contributed by atoms with E-state index in [1.807, 2.05) is 36.4 Å². The van der Waals surface area contributed by atoms with Crippen LogP contribution in [0.25, 0.3) is 5.69 Å². The highest BCUT2D eigenvalue weighted by Crippen LogP contribution is 2.30. The van der Waals surface area contributed by atoms with Gasteiger partial charge in [-0.3, -0.25) is 4.79 Å². The Labute approximate surface area is 163 Å². The Morgan fingerprint density at radius 1 is 1.14 bits per heavy atom. The largest absolute Gasteiger partial charge is 0.348 e. The molecule has 1 amide bonds. The molecule has 28 heavy (non-hydrogen) atoms. The van der Waals surface area contributed by atoms with Crippen molar-refractivity contribution in [3.63, 3.8) is 0 Å². The molecule has 0 atom stereocenters. The van der Waals surface area contributed by atoms with Gasteiger partial charge in [-0.05, 0) is 49.7 Å². The molecule has 144 valence electrons. The van der Waals surface area contributed by atoms with E-state index in [1.54, 1.807) is 16.9 Å². The molecule has 1 fully saturated rings. The molecule has 1 aliphatic rings. The number of halogens is 1. The minimum Gasteiger partial charge on any atom is -0.348 e. The summed E-state index contributed by atoms with van der Waals surface area (Å²) in [7, 11) is 0. The monoisotopic (exact) mass is 378 g/mol. The molecule has 1 saturated heterocycles. The van der Waals surface area contributed by atoms with Crippen LogP contribution in [0.5, 0.6) is 0 Å². The fourth-order valence-corrected chi connectivity index (χ4v) is 3.71. The van der Waals surface area contributed by atoms with E-state index in [2.05, 4.69) is 15.7 Å². The molecule has 0 spiro atoms. The molecule has 5 nitrogen and oxygen atoms in total. The van der Waals surface area contributed by atoms with Gasteiger partial charge in [-0.25, -0.2) is 9.07 Å². The highest BCUT2D eigenvalue weighted by atomic mass is 19.1. The maximum absolute atomic E-state index is 13.8. The summed E-state index contributed by atoms with van der Waals surface area (Å²) in [4.78, 5) is 12.9. The summed E-state index contributed by atoms with van der Waals surface area (Å²) in [6, 6.07) is 16.1. The van der Waals surface area contributed by atoms with E-state index in [-0.39, 0.29) is 17.6 Å². The standard InChI is InChI=1S/C22H23FN4O/c23-18-7-4-8-19(13-18)27-21(17-9-11-24-12-10-17)20(15-26-27)22(28)25-14-16-5-2-1-3-6-16/h1-8,13,15,17,24H,9-12,14H2,(H,25,28). The fourth-order valence-electron chi connectivity index (χ4n) is 3.71. The maximum Gasteiger partial charge on any atom is 0.255 e. The quantitative estimate of drug-likeness (QED) is 0.715. The molecular weight excluding hydrogens is 355 g/mol. The van der Waals surface area contributed by atoms with Gasteiger partial charge in [-0.2, -0.15) is 5.10 Å². The van der Waals surface area contributed by atoms with Crippen molar-refractivity contribution in [3.8, 4) is 5.69 Å². The predicted molar refractivity (Wildman–Crippen MR) is 106 cm³/mol. The van der Waals surface area contributed by atoms with Crippen LogP contribution in [-0.4, -0.2) is 28.8 Å². The normalized spacial score (nSPS) is 14.8. The first-order valence-electron chi connectivity index (χ1n) is 9.59. The zero-order chi connectivity index (χ0) is 19.3. The second-order valence-corrected chi connectivity index (χ2v) is 7.03. The molecule has 2 aromatic carbocycles. The highest BCUT2D eigenvalue weighted by molar-refractivity contribution is 5.95. The van der Waals surface area contributed by atoms with Crippen molar-refractivity contribution >= 4 is 5.91 Å². The lowest BCUT2D eigenvalue weighted by atomic mass is 9.91. The van der Waals surface area contributed by atoms with E-state index in [0.717, 1.165) is 37.2 Å². The molecule has 4 rings (SSSR count). The molecule has 2 N–H and O–H groups in total. The van der Waals surface area contributed by atoms with Crippen LogP contribution in [-0.2, 0) is 6.54 Å². The number of piperidine rings is 1. The summed E-state index contributed by atoms with van der Waals surface area (Å²) in [5, 5.41) is 10.8. The SMILES string of the molecule is O=C(NCc1ccccc1)c1cnn(-c2cccc(F)c2)c1C1CCNCC1. The number of carbonyl (C=O) groups is 1. The lowest BCUT2D eigenvalue weighted by Crippen LogP contribution is -2.30. The van der Waals surface area contributed by atoms with Crippen LogP contribution in [0.3, 0.4) is 0 Å². The van der Waals surface area contributed by atoms with E-state index in [1.165, 1.54) is 12.1 Å². The molecule has 3 aromatic rings. The minimum atomic E-state index is -0.320. The van der Waals surface area contributed by atoms with Gasteiger partial charge in [0.25, 0.3) is 5.91 Å². The molecule has 1 aromatic heterocycles. The van der Waals surface area contributed by atoms with Crippen LogP contribution >= 0.6 is 0 Å². The first-order chi connectivity index (χ1) is 13.7. The Morgan fingerprint density at radius 3 is 2.68 bits per heavy atom. The van der Waals surface area contributed by atoms with Crippen molar-refractivity contribution in [2.45, 2.75) is 25.3 Å². The first kappa shape index (κ1) is 18.4. The Morgan fingerprint density at radius 2 is 1.93 bits per heavy atom. The summed E-state index contributed by atoms with van der Waals surface area (Å²) in [5.74, 6) is -0.274. The molecule has 2 heterocycles. The lowest BCUT2D eigenvalue weighted by Gasteiger charge is -2.24. The predicted octanol–water partition coefficient (Wildman–Crippen LogP) is 3.41. The lowest BCUT2D eigenvalue weighted by molar-refractivity contribution is 0.0949. The van der Waals surface area contributed by atoms with Gasteiger partial charge in [0.05, 0.1) is 23.1 Å². The number of carbonyl (C=O) groups excluding carboxylic acids is 1. The van der Waals surface area contributed by atoms with Gasteiger partial charge in [-0.15, -0.1) is 0 Å². The zero-order valence-corrected chi connectivity index (χ0v) is 15.6. The third-order valence-corrected chi connectivity index (χ3v) is 5.13. The molecule has 1 aliphatic heterocycles. The van der Waals surface area contributed by atoms with Crippen molar-refractivity contribution < 1.29 is 9.18 Å². The molecule has 0 unspecified atom stereocenters. The third-order valence-electron chi connectivity index (χ3n) is 5.13. The van der Waals surface area contributed by atoms with E-state index in [9.17, 15) is 9.18 Å². The number of nitrogens with zero attached hydrogens (tertiary/aromatic N) is 2. The van der Waals surface area contributed by atoms with Crippen LogP contribution in [0.15, 0.2) is 60.8 Å². The minimum absolute atomic E-state index is 0.153. The van der Waals surface area contributed by atoms with Crippen LogP contribution in [0, 0.1) is 5.82 Å². The molecule has 0 saturated carbocycles. The summed E-state index contributed by atoms with van der Waals surface area (Å²) in [6.45, 7) is 2.24. The van der Waals surface area contributed by atoms with Gasteiger partial charge >= 0.3 is 0 Å². The van der Waals surface area contributed by atoms with E-state index < -0.39 is 0 Å². The summed E-state index contributed by atoms with van der Waals surface area (Å²) in [5.41, 5.74) is 3.09. The molecule has 0 aliphatic carbocycles. The highest BCUT2D eigenvalue weighted by Gasteiger charge is 2.27. The van der Waals surface area contributed by atoms with E-state index in [0.29, 0.717) is 17.8 Å². The number of benzene rings is 2. The van der Waals surface area contributed by atoms with Crippen LogP contribution in [0.1, 0.15) is 40.4 Å². The molecular formula is C22H23FN4O. The average molecular weight is 378 g/mol. The van der Waals surface area contributed by atoms with Crippen molar-refractivity contribution in [1.82, 2.24) is 20.4 Å². The van der Waals surface area contributed by atoms with Crippen molar-refractivity contribution in [3.05, 3.63) is 83.4 Å².